The molecule has 6 heteroatoms. The van der Waals surface area contributed by atoms with Crippen molar-refractivity contribution >= 4 is 23.7 Å². The van der Waals surface area contributed by atoms with Crippen LogP contribution in [0.3, 0.4) is 0 Å². The first-order valence-electron chi connectivity index (χ1n) is 6.08. The van der Waals surface area contributed by atoms with Crippen LogP contribution in [0.1, 0.15) is 18.5 Å². The molecule has 0 aromatic heterocycles. The largest absolute Gasteiger partial charge is 0.450 e. The Morgan fingerprint density at radius 2 is 2.42 bits per heavy atom. The number of nitrogens with one attached hydrogen (secondary N) is 1. The number of carbonyl (C=O) groups is 1. The number of nitrogens with zero attached hydrogens (tertiary/aromatic N) is 2. The van der Waals surface area contributed by atoms with Crippen LogP contribution in [0.4, 0.5) is 4.79 Å². The normalized spacial score (nSPS) is 18.2. The molecule has 1 N–H and O–H groups in total. The van der Waals surface area contributed by atoms with E-state index in [0.29, 0.717) is 24.1 Å². The van der Waals surface area contributed by atoms with Crippen LogP contribution in [-0.4, -0.2) is 37.2 Å². The predicted octanol–water partition coefficient (Wildman–Crippen LogP) is 2.43. The predicted molar refractivity (Wildman–Crippen MR) is 74.4 cm³/mol. The van der Waals surface area contributed by atoms with E-state index >= 15 is 0 Å². The minimum Gasteiger partial charge on any atom is -0.450 e. The Hall–Kier alpha value is -1.75. The maximum absolute atomic E-state index is 11.4. The molecule has 1 heterocycles. The second-order valence-corrected chi connectivity index (χ2v) is 4.69. The highest BCUT2D eigenvalue weighted by Crippen LogP contribution is 2.25. The summed E-state index contributed by atoms with van der Waals surface area (Å²) < 4.78 is 4.83. The first-order chi connectivity index (χ1) is 9.10. The molecule has 1 aromatic carbocycles. The van der Waals surface area contributed by atoms with Crippen LogP contribution in [0.25, 0.3) is 0 Å². The lowest BCUT2D eigenvalue weighted by Gasteiger charge is -2.14. The molecule has 1 unspecified atom stereocenters. The van der Waals surface area contributed by atoms with Crippen molar-refractivity contribution in [1.82, 2.24) is 10.2 Å². The minimum atomic E-state index is -0.486. The Morgan fingerprint density at radius 1 is 1.63 bits per heavy atom. The summed E-state index contributed by atoms with van der Waals surface area (Å²) in [5, 5.41) is 3.31. The number of amides is 1. The first kappa shape index (κ1) is 13.7. The molecule has 19 heavy (non-hydrogen) atoms. The fourth-order valence-corrected chi connectivity index (χ4v) is 2.11. The van der Waals surface area contributed by atoms with Crippen molar-refractivity contribution in [3.05, 3.63) is 34.9 Å². The van der Waals surface area contributed by atoms with E-state index in [1.807, 2.05) is 36.2 Å². The Bertz CT molecular complexity index is 504. The van der Waals surface area contributed by atoms with Crippen molar-refractivity contribution in [1.29, 1.82) is 0 Å². The van der Waals surface area contributed by atoms with Gasteiger partial charge in [-0.15, -0.1) is 0 Å². The summed E-state index contributed by atoms with van der Waals surface area (Å²) in [6, 6.07) is 7.55. The molecule has 0 saturated heterocycles. The van der Waals surface area contributed by atoms with E-state index in [4.69, 9.17) is 16.3 Å². The molecule has 0 bridgehead atoms. The molecule has 1 aliphatic rings. The van der Waals surface area contributed by atoms with Gasteiger partial charge in [0.15, 0.2) is 0 Å². The van der Waals surface area contributed by atoms with Gasteiger partial charge in [0.25, 0.3) is 0 Å². The quantitative estimate of drug-likeness (QED) is 0.906. The summed E-state index contributed by atoms with van der Waals surface area (Å²) >= 11 is 5.97. The third-order valence-electron chi connectivity index (χ3n) is 2.81. The Labute approximate surface area is 117 Å². The van der Waals surface area contributed by atoms with E-state index < -0.39 is 6.09 Å². The molecular weight excluding hydrogens is 266 g/mol. The molecule has 0 spiro atoms. The van der Waals surface area contributed by atoms with Gasteiger partial charge in [-0.25, -0.2) is 9.79 Å². The maximum Gasteiger partial charge on any atom is 0.413 e. The van der Waals surface area contributed by atoms with Gasteiger partial charge in [-0.2, -0.15) is 0 Å². The lowest BCUT2D eigenvalue weighted by Crippen LogP contribution is -2.39. The van der Waals surface area contributed by atoms with Crippen molar-refractivity contribution in [3.8, 4) is 0 Å². The van der Waals surface area contributed by atoms with Gasteiger partial charge in [0, 0.05) is 18.6 Å². The number of carbonyl (C=O) groups excluding carboxylic acids is 1. The van der Waals surface area contributed by atoms with Crippen molar-refractivity contribution < 1.29 is 9.53 Å². The van der Waals surface area contributed by atoms with Gasteiger partial charge in [-0.1, -0.05) is 23.7 Å². The number of rotatable bonds is 2. The van der Waals surface area contributed by atoms with Crippen LogP contribution in [-0.2, 0) is 4.74 Å². The summed E-state index contributed by atoms with van der Waals surface area (Å²) in [6.45, 7) is 2.79. The summed E-state index contributed by atoms with van der Waals surface area (Å²) in [6.07, 6.45) is -0.486. The van der Waals surface area contributed by atoms with Crippen LogP contribution in [0, 0.1) is 0 Å². The summed E-state index contributed by atoms with van der Waals surface area (Å²) in [5.41, 5.74) is 1.03. The fourth-order valence-electron chi connectivity index (χ4n) is 1.91. The average molecular weight is 282 g/mol. The van der Waals surface area contributed by atoms with Gasteiger partial charge < -0.3 is 9.64 Å². The van der Waals surface area contributed by atoms with Crippen LogP contribution in [0.5, 0.6) is 0 Å². The number of hydrogen-bond donors (Lipinski definition) is 1. The molecule has 0 radical (unpaired) electrons. The molecule has 1 atom stereocenters. The van der Waals surface area contributed by atoms with Gasteiger partial charge in [-0.05, 0) is 24.6 Å². The molecular formula is C13H16ClN3O2. The third-order valence-corrected chi connectivity index (χ3v) is 3.04. The topological polar surface area (TPSA) is 53.9 Å². The van der Waals surface area contributed by atoms with E-state index in [1.165, 1.54) is 0 Å². The zero-order chi connectivity index (χ0) is 13.8. The molecule has 102 valence electrons. The van der Waals surface area contributed by atoms with Crippen LogP contribution in [0.15, 0.2) is 29.3 Å². The Morgan fingerprint density at radius 3 is 3.11 bits per heavy atom. The van der Waals surface area contributed by atoms with Crippen molar-refractivity contribution in [3.63, 3.8) is 0 Å². The van der Waals surface area contributed by atoms with Gasteiger partial charge in [0.1, 0.15) is 0 Å². The molecule has 1 amide bonds. The second kappa shape index (κ2) is 5.93. The number of ether oxygens (including phenoxy) is 1. The van der Waals surface area contributed by atoms with Crippen molar-refractivity contribution in [2.75, 3.05) is 20.2 Å². The Balaban J connectivity index is 2.10. The monoisotopic (exact) mass is 281 g/mol. The highest BCUT2D eigenvalue weighted by Gasteiger charge is 2.25. The van der Waals surface area contributed by atoms with Crippen LogP contribution in [0.2, 0.25) is 5.02 Å². The third kappa shape index (κ3) is 3.38. The molecule has 1 aromatic rings. The molecule has 5 nitrogen and oxygen atoms in total. The van der Waals surface area contributed by atoms with Gasteiger partial charge in [-0.3, -0.25) is 5.32 Å². The maximum atomic E-state index is 11.4. The number of likely N-dealkylation sites (N-methyl/N-ethyl adjacent to an activating group) is 1. The van der Waals surface area contributed by atoms with Gasteiger partial charge >= 0.3 is 6.09 Å². The Kier molecular flexibility index (Phi) is 4.27. The summed E-state index contributed by atoms with van der Waals surface area (Å²) in [5.74, 6) is 0.517. The highest BCUT2D eigenvalue weighted by molar-refractivity contribution is 6.30. The highest BCUT2D eigenvalue weighted by atomic mass is 35.5. The summed E-state index contributed by atoms with van der Waals surface area (Å²) in [7, 11) is 1.87. The average Bonchev–Trinajstić information content (AvgIpc) is 2.71. The molecule has 0 aliphatic carbocycles. The van der Waals surface area contributed by atoms with E-state index in [-0.39, 0.29) is 6.04 Å². The zero-order valence-corrected chi connectivity index (χ0v) is 11.6. The van der Waals surface area contributed by atoms with Gasteiger partial charge in [0.05, 0.1) is 12.6 Å². The molecule has 2 rings (SSSR count). The zero-order valence-electron chi connectivity index (χ0n) is 10.9. The lowest BCUT2D eigenvalue weighted by atomic mass is 10.1. The summed E-state index contributed by atoms with van der Waals surface area (Å²) in [4.78, 5) is 17.7. The van der Waals surface area contributed by atoms with E-state index in [1.54, 1.807) is 6.92 Å². The minimum absolute atomic E-state index is 0.0272. The van der Waals surface area contributed by atoms with E-state index in [2.05, 4.69) is 10.3 Å². The van der Waals surface area contributed by atoms with E-state index in [9.17, 15) is 4.79 Å². The number of guanidine groups is 1. The smallest absolute Gasteiger partial charge is 0.413 e. The number of aliphatic imine (C=N–C) groups is 1. The first-order valence-corrected chi connectivity index (χ1v) is 6.46. The fraction of sp³-hybridized carbons (Fsp3) is 0.385. The van der Waals surface area contributed by atoms with Crippen LogP contribution >= 0.6 is 11.6 Å². The number of alkyl carbamates (subject to hydrolysis) is 1. The van der Waals surface area contributed by atoms with Gasteiger partial charge in [0.2, 0.25) is 5.96 Å². The standard InChI is InChI=1S/C13H16ClN3O2/c1-3-19-13(18)16-12-15-11(8-17(12)2)9-5-4-6-10(14)7-9/h4-7,11H,3,8H2,1-2H3,(H,15,16,18). The lowest BCUT2D eigenvalue weighted by molar-refractivity contribution is 0.157. The second-order valence-electron chi connectivity index (χ2n) is 4.25. The number of halogens is 1. The van der Waals surface area contributed by atoms with Crippen molar-refractivity contribution in [2.24, 2.45) is 4.99 Å². The van der Waals surface area contributed by atoms with Crippen molar-refractivity contribution in [2.45, 2.75) is 13.0 Å². The molecule has 1 aliphatic heterocycles. The SMILES string of the molecule is CCOC(=O)NC1=NC(c2cccc(Cl)c2)CN1C. The van der Waals surface area contributed by atoms with E-state index in [0.717, 1.165) is 5.56 Å². The number of hydrogen-bond acceptors (Lipinski definition) is 4. The molecule has 0 fully saturated rings. The number of benzene rings is 1. The molecule has 0 saturated carbocycles. The van der Waals surface area contributed by atoms with Crippen LogP contribution < -0.4 is 5.32 Å².